The highest BCUT2D eigenvalue weighted by Crippen LogP contribution is 2.34. The van der Waals surface area contributed by atoms with Crippen molar-refractivity contribution in [2.75, 3.05) is 0 Å². The molecule has 0 unspecified atom stereocenters. The second-order valence-electron chi connectivity index (χ2n) is 8.03. The zero-order valence-corrected chi connectivity index (χ0v) is 16.3. The van der Waals surface area contributed by atoms with Gasteiger partial charge in [-0.2, -0.15) is 0 Å². The van der Waals surface area contributed by atoms with Gasteiger partial charge in [0.05, 0.1) is 6.04 Å². The Bertz CT molecular complexity index is 977. The van der Waals surface area contributed by atoms with Crippen LogP contribution in [0.4, 0.5) is 4.39 Å². The number of aromatic amines is 1. The predicted molar refractivity (Wildman–Crippen MR) is 109 cm³/mol. The molecule has 146 valence electrons. The molecule has 1 aromatic heterocycles. The van der Waals surface area contributed by atoms with E-state index in [1.165, 1.54) is 28.6 Å². The van der Waals surface area contributed by atoms with E-state index in [2.05, 4.69) is 47.7 Å². The van der Waals surface area contributed by atoms with E-state index in [1.807, 2.05) is 6.20 Å². The van der Waals surface area contributed by atoms with Gasteiger partial charge in [-0.15, -0.1) is 0 Å². The van der Waals surface area contributed by atoms with Crippen LogP contribution in [-0.2, 0) is 17.8 Å². The third-order valence-electron chi connectivity index (χ3n) is 5.43. The van der Waals surface area contributed by atoms with Crippen LogP contribution in [0.2, 0.25) is 0 Å². The second kappa shape index (κ2) is 7.76. The Balaban J connectivity index is 1.56. The number of carbonyl (C=O) groups is 1. The molecule has 0 aliphatic carbocycles. The molecule has 1 aliphatic heterocycles. The molecule has 4 nitrogen and oxygen atoms in total. The van der Waals surface area contributed by atoms with E-state index in [9.17, 15) is 9.18 Å². The van der Waals surface area contributed by atoms with Crippen LogP contribution >= 0.6 is 0 Å². The molecule has 0 saturated heterocycles. The number of halogens is 1. The van der Waals surface area contributed by atoms with Gasteiger partial charge < -0.3 is 10.3 Å². The molecule has 3 aromatic rings. The zero-order chi connectivity index (χ0) is 19.7. The normalized spacial score (nSPS) is 19.0. The number of amides is 1. The summed E-state index contributed by atoms with van der Waals surface area (Å²) in [5.74, 6) is 0.211. The van der Waals surface area contributed by atoms with Crippen molar-refractivity contribution in [3.63, 3.8) is 0 Å². The number of benzene rings is 2. The minimum absolute atomic E-state index is 0.0276. The van der Waals surface area contributed by atoms with E-state index in [0.29, 0.717) is 18.9 Å². The minimum Gasteiger partial charge on any atom is -0.361 e. The van der Waals surface area contributed by atoms with Crippen molar-refractivity contribution >= 4 is 16.8 Å². The first-order chi connectivity index (χ1) is 13.5. The lowest BCUT2D eigenvalue weighted by atomic mass is 9.94. The van der Waals surface area contributed by atoms with Crippen molar-refractivity contribution in [3.05, 3.63) is 71.2 Å². The zero-order valence-electron chi connectivity index (χ0n) is 16.3. The highest BCUT2D eigenvalue weighted by atomic mass is 19.1. The Morgan fingerprint density at radius 3 is 2.75 bits per heavy atom. The number of aromatic nitrogens is 1. The Morgan fingerprint density at radius 2 is 2.00 bits per heavy atom. The molecule has 1 aliphatic rings. The quantitative estimate of drug-likeness (QED) is 0.621. The molecule has 0 radical (unpaired) electrons. The summed E-state index contributed by atoms with van der Waals surface area (Å²) in [6, 6.07) is 12.4. The van der Waals surface area contributed by atoms with Gasteiger partial charge in [0.2, 0.25) is 5.91 Å². The fourth-order valence-electron chi connectivity index (χ4n) is 4.10. The van der Waals surface area contributed by atoms with Gasteiger partial charge in [0.1, 0.15) is 5.82 Å². The maximum absolute atomic E-state index is 13.1. The van der Waals surface area contributed by atoms with Gasteiger partial charge in [0.25, 0.3) is 0 Å². The highest BCUT2D eigenvalue weighted by Gasteiger charge is 2.29. The number of carbonyl (C=O) groups excluding carboxylic acids is 1. The summed E-state index contributed by atoms with van der Waals surface area (Å²) in [6.45, 7) is 4.80. The summed E-state index contributed by atoms with van der Waals surface area (Å²) in [5.41, 5.74) is 4.44. The van der Waals surface area contributed by atoms with Gasteiger partial charge in [-0.3, -0.25) is 10.1 Å². The largest absolute Gasteiger partial charge is 0.361 e. The summed E-state index contributed by atoms with van der Waals surface area (Å²) in [4.78, 5) is 16.3. The van der Waals surface area contributed by atoms with Crippen molar-refractivity contribution in [1.29, 1.82) is 0 Å². The highest BCUT2D eigenvalue weighted by molar-refractivity contribution is 5.90. The van der Waals surface area contributed by atoms with Crippen molar-refractivity contribution in [1.82, 2.24) is 15.6 Å². The van der Waals surface area contributed by atoms with Crippen LogP contribution in [0.5, 0.6) is 0 Å². The Labute approximate surface area is 164 Å². The van der Waals surface area contributed by atoms with Crippen LogP contribution in [0.15, 0.2) is 48.7 Å². The third-order valence-corrected chi connectivity index (χ3v) is 5.43. The molecule has 0 spiro atoms. The molecule has 28 heavy (non-hydrogen) atoms. The first kappa shape index (κ1) is 18.7. The van der Waals surface area contributed by atoms with Gasteiger partial charge in [-0.25, -0.2) is 4.39 Å². The lowest BCUT2D eigenvalue weighted by Crippen LogP contribution is -2.46. The Kier molecular flexibility index (Phi) is 5.18. The fraction of sp³-hybridized carbons (Fsp3) is 0.348. The number of nitrogens with one attached hydrogen (secondary N) is 3. The van der Waals surface area contributed by atoms with Crippen molar-refractivity contribution < 1.29 is 9.18 Å². The topological polar surface area (TPSA) is 56.9 Å². The molecule has 2 aromatic carbocycles. The van der Waals surface area contributed by atoms with Crippen LogP contribution in [-0.4, -0.2) is 16.9 Å². The second-order valence-corrected chi connectivity index (χ2v) is 8.03. The summed E-state index contributed by atoms with van der Waals surface area (Å²) < 4.78 is 13.1. The lowest BCUT2D eigenvalue weighted by Gasteiger charge is -2.25. The van der Waals surface area contributed by atoms with Crippen LogP contribution in [0.3, 0.4) is 0 Å². The number of H-pyrrole nitrogens is 1. The minimum atomic E-state index is -0.310. The van der Waals surface area contributed by atoms with E-state index in [4.69, 9.17) is 0 Å². The van der Waals surface area contributed by atoms with Gasteiger partial charge in [0, 0.05) is 29.7 Å². The molecule has 1 amide bonds. The summed E-state index contributed by atoms with van der Waals surface area (Å²) >= 11 is 0. The first-order valence-corrected chi connectivity index (χ1v) is 9.88. The molecule has 3 N–H and O–H groups in total. The molecule has 0 saturated carbocycles. The van der Waals surface area contributed by atoms with Crippen molar-refractivity contribution in [2.24, 2.45) is 5.92 Å². The fourth-order valence-corrected chi connectivity index (χ4v) is 4.10. The Morgan fingerprint density at radius 1 is 1.21 bits per heavy atom. The average Bonchev–Trinajstić information content (AvgIpc) is 3.01. The monoisotopic (exact) mass is 379 g/mol. The van der Waals surface area contributed by atoms with Crippen LogP contribution in [0.25, 0.3) is 10.9 Å². The third kappa shape index (κ3) is 3.80. The van der Waals surface area contributed by atoms with Gasteiger partial charge in [0.15, 0.2) is 0 Å². The molecule has 2 heterocycles. The molecule has 0 bridgehead atoms. The molecule has 5 heteroatoms. The van der Waals surface area contributed by atoms with E-state index in [1.54, 1.807) is 12.1 Å². The molecule has 2 atom stereocenters. The van der Waals surface area contributed by atoms with E-state index in [0.717, 1.165) is 17.5 Å². The maximum atomic E-state index is 13.1. The molecule has 0 fully saturated rings. The lowest BCUT2D eigenvalue weighted by molar-refractivity contribution is -0.123. The van der Waals surface area contributed by atoms with Gasteiger partial charge in [-0.05, 0) is 53.6 Å². The molecule has 4 rings (SSSR count). The summed E-state index contributed by atoms with van der Waals surface area (Å²) in [7, 11) is 0. The smallest absolute Gasteiger partial charge is 0.237 e. The molecular formula is C23H26FN3O. The predicted octanol–water partition coefficient (Wildman–Crippen LogP) is 4.22. The van der Waals surface area contributed by atoms with Gasteiger partial charge >= 0.3 is 0 Å². The van der Waals surface area contributed by atoms with Crippen LogP contribution in [0, 0.1) is 11.7 Å². The number of hydrogen-bond acceptors (Lipinski definition) is 2. The SMILES string of the molecule is CC(C)C[C@@H]1N[C@H](C(=O)NCc2ccc(F)cc2)Cc2c[nH]c3cccc1c23. The van der Waals surface area contributed by atoms with E-state index >= 15 is 0 Å². The summed E-state index contributed by atoms with van der Waals surface area (Å²) in [5, 5.41) is 7.85. The van der Waals surface area contributed by atoms with Crippen molar-refractivity contribution in [3.8, 4) is 0 Å². The Hall–Kier alpha value is -2.66. The maximum Gasteiger partial charge on any atom is 0.237 e. The standard InChI is InChI=1S/C23H26FN3O/c1-14(2)10-20-18-4-3-5-19-22(18)16(13-25-19)11-21(27-20)23(28)26-12-15-6-8-17(24)9-7-15/h3-9,13-14,20-21,25,27H,10-12H2,1-2H3,(H,26,28)/t20-,21-/m0/s1. The average molecular weight is 379 g/mol. The molecular weight excluding hydrogens is 353 g/mol. The van der Waals surface area contributed by atoms with Crippen molar-refractivity contribution in [2.45, 2.75) is 45.3 Å². The first-order valence-electron chi connectivity index (χ1n) is 9.88. The van der Waals surface area contributed by atoms with Gasteiger partial charge in [-0.1, -0.05) is 38.1 Å². The van der Waals surface area contributed by atoms with Crippen LogP contribution in [0.1, 0.15) is 43.0 Å². The van der Waals surface area contributed by atoms with Crippen LogP contribution < -0.4 is 10.6 Å². The van der Waals surface area contributed by atoms with E-state index in [-0.39, 0.29) is 23.8 Å². The van der Waals surface area contributed by atoms with E-state index < -0.39 is 0 Å². The number of hydrogen-bond donors (Lipinski definition) is 3. The number of rotatable bonds is 5. The summed E-state index contributed by atoms with van der Waals surface area (Å²) in [6.07, 6.45) is 3.63.